The summed E-state index contributed by atoms with van der Waals surface area (Å²) in [7, 11) is -1.41. The quantitative estimate of drug-likeness (QED) is 0.535. The first-order valence-electron chi connectivity index (χ1n) is 6.10. The third-order valence-electron chi connectivity index (χ3n) is 3.53. The van der Waals surface area contributed by atoms with Crippen LogP contribution in [0.2, 0.25) is 0 Å². The molecular weight excluding hydrogens is 207 g/mol. The highest BCUT2D eigenvalue weighted by Crippen LogP contribution is 2.21. The summed E-state index contributed by atoms with van der Waals surface area (Å²) >= 11 is 0. The van der Waals surface area contributed by atoms with Crippen molar-refractivity contribution in [1.29, 1.82) is 0 Å². The number of nitrogens with zero attached hydrogens (tertiary/aromatic N) is 1. The van der Waals surface area contributed by atoms with Crippen LogP contribution in [0.25, 0.3) is 0 Å². The van der Waals surface area contributed by atoms with Crippen molar-refractivity contribution >= 4 is 13.0 Å². The van der Waals surface area contributed by atoms with Gasteiger partial charge in [0.15, 0.2) is 0 Å². The molecular formula is C10H19BN2O3. The van der Waals surface area contributed by atoms with Crippen LogP contribution in [-0.2, 0) is 4.79 Å². The zero-order chi connectivity index (χ0) is 11.5. The molecule has 1 amide bonds. The SMILES string of the molecule is O=C(C1CCCCN1)N1CCC[C@H]1B(O)O. The average molecular weight is 226 g/mol. The Morgan fingerprint density at radius 3 is 2.69 bits per heavy atom. The van der Waals surface area contributed by atoms with E-state index in [0.717, 1.165) is 32.2 Å². The third kappa shape index (κ3) is 2.39. The molecule has 90 valence electrons. The average Bonchev–Trinajstić information content (AvgIpc) is 2.78. The van der Waals surface area contributed by atoms with Crippen LogP contribution in [0.1, 0.15) is 32.1 Å². The molecule has 2 rings (SSSR count). The second kappa shape index (κ2) is 5.16. The van der Waals surface area contributed by atoms with Gasteiger partial charge in [0.05, 0.1) is 12.0 Å². The smallest absolute Gasteiger partial charge is 0.426 e. The van der Waals surface area contributed by atoms with Crippen molar-refractivity contribution in [3.8, 4) is 0 Å². The predicted octanol–water partition coefficient (Wildman–Crippen LogP) is -0.868. The van der Waals surface area contributed by atoms with Crippen molar-refractivity contribution in [1.82, 2.24) is 10.2 Å². The first kappa shape index (κ1) is 11.9. The van der Waals surface area contributed by atoms with Gasteiger partial charge in [-0.1, -0.05) is 6.42 Å². The van der Waals surface area contributed by atoms with E-state index in [-0.39, 0.29) is 11.9 Å². The molecule has 2 aliphatic heterocycles. The molecule has 3 N–H and O–H groups in total. The molecule has 0 aliphatic carbocycles. The van der Waals surface area contributed by atoms with Gasteiger partial charge in [-0.25, -0.2) is 0 Å². The predicted molar refractivity (Wildman–Crippen MR) is 60.6 cm³/mol. The van der Waals surface area contributed by atoms with E-state index in [2.05, 4.69) is 5.32 Å². The number of likely N-dealkylation sites (tertiary alicyclic amines) is 1. The number of hydrogen-bond acceptors (Lipinski definition) is 4. The molecule has 0 aromatic carbocycles. The number of nitrogens with one attached hydrogen (secondary N) is 1. The molecule has 6 heteroatoms. The largest absolute Gasteiger partial charge is 0.475 e. The van der Waals surface area contributed by atoms with E-state index in [4.69, 9.17) is 0 Å². The molecule has 0 saturated carbocycles. The summed E-state index contributed by atoms with van der Waals surface area (Å²) in [5.41, 5.74) is 0. The molecule has 0 bridgehead atoms. The van der Waals surface area contributed by atoms with Crippen molar-refractivity contribution in [2.75, 3.05) is 13.1 Å². The summed E-state index contributed by atoms with van der Waals surface area (Å²) in [5.74, 6) is -0.369. The fourth-order valence-corrected chi connectivity index (χ4v) is 2.64. The van der Waals surface area contributed by atoms with Gasteiger partial charge in [0.25, 0.3) is 0 Å². The van der Waals surface area contributed by atoms with Crippen molar-refractivity contribution in [3.05, 3.63) is 0 Å². The Bertz CT molecular complexity index is 256. The fourth-order valence-electron chi connectivity index (χ4n) is 2.64. The highest BCUT2D eigenvalue weighted by molar-refractivity contribution is 6.43. The van der Waals surface area contributed by atoms with E-state index in [1.807, 2.05) is 0 Å². The molecule has 2 aliphatic rings. The van der Waals surface area contributed by atoms with E-state index in [0.29, 0.717) is 13.0 Å². The number of rotatable bonds is 2. The minimum absolute atomic E-state index is 0.0373. The Kier molecular flexibility index (Phi) is 3.84. The first-order valence-corrected chi connectivity index (χ1v) is 6.10. The maximum atomic E-state index is 12.2. The van der Waals surface area contributed by atoms with E-state index in [9.17, 15) is 14.8 Å². The molecule has 0 spiro atoms. The Hall–Kier alpha value is -0.585. The van der Waals surface area contributed by atoms with Crippen LogP contribution in [0.15, 0.2) is 0 Å². The van der Waals surface area contributed by atoms with E-state index < -0.39 is 13.1 Å². The van der Waals surface area contributed by atoms with E-state index in [1.54, 1.807) is 4.90 Å². The highest BCUT2D eigenvalue weighted by Gasteiger charge is 2.39. The molecule has 0 radical (unpaired) electrons. The maximum Gasteiger partial charge on any atom is 0.475 e. The maximum absolute atomic E-state index is 12.2. The standard InChI is InChI=1S/C10H19BN2O3/c14-10(8-4-1-2-6-12-8)13-7-3-5-9(13)11(15)16/h8-9,12,15-16H,1-7H2/t8?,9-/m0/s1. The Labute approximate surface area is 96.0 Å². The Morgan fingerprint density at radius 2 is 2.06 bits per heavy atom. The second-order valence-corrected chi connectivity index (χ2v) is 4.66. The van der Waals surface area contributed by atoms with Gasteiger partial charge in [0, 0.05) is 6.54 Å². The molecule has 2 saturated heterocycles. The van der Waals surface area contributed by atoms with Crippen molar-refractivity contribution in [2.24, 2.45) is 0 Å². The van der Waals surface area contributed by atoms with Crippen LogP contribution in [0.4, 0.5) is 0 Å². The summed E-state index contributed by atoms with van der Waals surface area (Å²) in [6.45, 7) is 1.54. The Balaban J connectivity index is 1.97. The van der Waals surface area contributed by atoms with Crippen molar-refractivity contribution in [2.45, 2.75) is 44.1 Å². The lowest BCUT2D eigenvalue weighted by molar-refractivity contribution is -0.134. The van der Waals surface area contributed by atoms with Crippen LogP contribution < -0.4 is 5.32 Å². The summed E-state index contributed by atoms with van der Waals surface area (Å²) in [6.07, 6.45) is 4.61. The van der Waals surface area contributed by atoms with Crippen LogP contribution in [0, 0.1) is 0 Å². The number of piperidine rings is 1. The van der Waals surface area contributed by atoms with Gasteiger partial charge in [-0.15, -0.1) is 0 Å². The van der Waals surface area contributed by atoms with Gasteiger partial charge in [-0.2, -0.15) is 0 Å². The number of amides is 1. The first-order chi connectivity index (χ1) is 7.70. The summed E-state index contributed by atoms with van der Waals surface area (Å²) < 4.78 is 0. The lowest BCUT2D eigenvalue weighted by Gasteiger charge is -2.30. The zero-order valence-electron chi connectivity index (χ0n) is 9.43. The van der Waals surface area contributed by atoms with Crippen LogP contribution in [0.3, 0.4) is 0 Å². The van der Waals surface area contributed by atoms with Gasteiger partial charge in [0.2, 0.25) is 5.91 Å². The molecule has 0 aromatic rings. The van der Waals surface area contributed by atoms with Crippen molar-refractivity contribution in [3.63, 3.8) is 0 Å². The van der Waals surface area contributed by atoms with Gasteiger partial charge in [0.1, 0.15) is 0 Å². The second-order valence-electron chi connectivity index (χ2n) is 4.66. The lowest BCUT2D eigenvalue weighted by Crippen LogP contribution is -2.53. The zero-order valence-corrected chi connectivity index (χ0v) is 9.43. The van der Waals surface area contributed by atoms with Gasteiger partial charge < -0.3 is 20.3 Å². The molecule has 1 unspecified atom stereocenters. The lowest BCUT2D eigenvalue weighted by atomic mass is 9.77. The molecule has 2 fully saturated rings. The molecule has 0 aromatic heterocycles. The number of carbonyl (C=O) groups excluding carboxylic acids is 1. The fraction of sp³-hybridized carbons (Fsp3) is 0.900. The topological polar surface area (TPSA) is 72.8 Å². The van der Waals surface area contributed by atoms with Crippen LogP contribution >= 0.6 is 0 Å². The summed E-state index contributed by atoms with van der Waals surface area (Å²) in [4.78, 5) is 13.8. The van der Waals surface area contributed by atoms with Gasteiger partial charge in [-0.3, -0.25) is 4.79 Å². The highest BCUT2D eigenvalue weighted by atomic mass is 16.4. The monoisotopic (exact) mass is 226 g/mol. The summed E-state index contributed by atoms with van der Waals surface area (Å²) in [5, 5.41) is 21.6. The number of carbonyl (C=O) groups is 1. The van der Waals surface area contributed by atoms with Gasteiger partial charge >= 0.3 is 7.12 Å². The molecule has 2 heterocycles. The van der Waals surface area contributed by atoms with Crippen LogP contribution in [-0.4, -0.2) is 53.0 Å². The Morgan fingerprint density at radius 1 is 1.25 bits per heavy atom. The van der Waals surface area contributed by atoms with E-state index >= 15 is 0 Å². The molecule has 5 nitrogen and oxygen atoms in total. The third-order valence-corrected chi connectivity index (χ3v) is 3.53. The number of hydrogen-bond donors (Lipinski definition) is 3. The summed E-state index contributed by atoms with van der Waals surface area (Å²) in [6, 6.07) is -0.118. The van der Waals surface area contributed by atoms with Gasteiger partial charge in [-0.05, 0) is 32.2 Å². The van der Waals surface area contributed by atoms with E-state index in [1.165, 1.54) is 0 Å². The minimum Gasteiger partial charge on any atom is -0.426 e. The minimum atomic E-state index is -1.41. The molecule has 16 heavy (non-hydrogen) atoms. The molecule has 2 atom stereocenters. The van der Waals surface area contributed by atoms with Crippen LogP contribution in [0.5, 0.6) is 0 Å². The normalized spacial score (nSPS) is 30.5. The van der Waals surface area contributed by atoms with Crippen molar-refractivity contribution < 1.29 is 14.8 Å².